The van der Waals surface area contributed by atoms with E-state index < -0.39 is 0 Å². The van der Waals surface area contributed by atoms with Crippen LogP contribution in [0.5, 0.6) is 0 Å². The number of nitrogens with one attached hydrogen (secondary N) is 1. The van der Waals surface area contributed by atoms with Crippen molar-refractivity contribution in [2.75, 3.05) is 5.32 Å². The van der Waals surface area contributed by atoms with E-state index >= 15 is 0 Å². The first-order valence-electron chi connectivity index (χ1n) is 8.27. The minimum atomic E-state index is -0.0759. The fourth-order valence-electron chi connectivity index (χ4n) is 5.43. The summed E-state index contributed by atoms with van der Waals surface area (Å²) in [6, 6.07) is 7.94. The van der Waals surface area contributed by atoms with Crippen molar-refractivity contribution >= 4 is 11.6 Å². The summed E-state index contributed by atoms with van der Waals surface area (Å²) in [7, 11) is 0. The maximum Gasteiger partial charge on any atom is 0.230 e. The molecule has 1 aromatic rings. The molecule has 1 aromatic carbocycles. The second-order valence-electron chi connectivity index (χ2n) is 7.56. The third-order valence-corrected chi connectivity index (χ3v) is 5.94. The van der Waals surface area contributed by atoms with E-state index in [1.54, 1.807) is 0 Å². The number of amides is 1. The average molecular weight is 284 g/mol. The predicted molar refractivity (Wildman–Crippen MR) is 83.6 cm³/mol. The third-order valence-electron chi connectivity index (χ3n) is 5.94. The van der Waals surface area contributed by atoms with Gasteiger partial charge in [0.15, 0.2) is 0 Å². The zero-order valence-corrected chi connectivity index (χ0v) is 12.5. The van der Waals surface area contributed by atoms with Crippen LogP contribution in [0.15, 0.2) is 24.3 Å². The van der Waals surface area contributed by atoms with Gasteiger partial charge >= 0.3 is 0 Å². The van der Waals surface area contributed by atoms with E-state index in [-0.39, 0.29) is 11.3 Å². The van der Waals surface area contributed by atoms with E-state index in [0.29, 0.717) is 6.54 Å². The van der Waals surface area contributed by atoms with Gasteiger partial charge in [0.25, 0.3) is 0 Å². The fourth-order valence-corrected chi connectivity index (χ4v) is 5.43. The normalized spacial score (nSPS) is 36.7. The third kappa shape index (κ3) is 2.28. The van der Waals surface area contributed by atoms with Crippen LogP contribution < -0.4 is 11.1 Å². The number of carbonyl (C=O) groups excluding carboxylic acids is 1. The quantitative estimate of drug-likeness (QED) is 0.894. The van der Waals surface area contributed by atoms with E-state index in [0.717, 1.165) is 48.3 Å². The summed E-state index contributed by atoms with van der Waals surface area (Å²) in [6.45, 7) is 0.515. The Hall–Kier alpha value is -1.35. The minimum absolute atomic E-state index is 0.0759. The molecule has 1 amide bonds. The lowest BCUT2D eigenvalue weighted by Gasteiger charge is -2.55. The molecule has 0 unspecified atom stereocenters. The van der Waals surface area contributed by atoms with E-state index in [1.807, 2.05) is 24.3 Å². The van der Waals surface area contributed by atoms with Gasteiger partial charge in [0.1, 0.15) is 0 Å². The molecule has 3 heteroatoms. The molecule has 4 aliphatic carbocycles. The Labute approximate surface area is 126 Å². The van der Waals surface area contributed by atoms with Crippen molar-refractivity contribution in [2.45, 2.75) is 45.1 Å². The molecule has 0 spiro atoms. The highest BCUT2D eigenvalue weighted by molar-refractivity contribution is 5.95. The summed E-state index contributed by atoms with van der Waals surface area (Å²) in [6.07, 6.45) is 7.45. The predicted octanol–water partition coefficient (Wildman–Crippen LogP) is 3.30. The topological polar surface area (TPSA) is 55.1 Å². The first-order valence-corrected chi connectivity index (χ1v) is 8.27. The largest absolute Gasteiger partial charge is 0.326 e. The van der Waals surface area contributed by atoms with Crippen LogP contribution >= 0.6 is 0 Å². The number of hydrogen-bond donors (Lipinski definition) is 2. The van der Waals surface area contributed by atoms with Gasteiger partial charge in [-0.1, -0.05) is 12.1 Å². The van der Waals surface area contributed by atoms with Crippen molar-refractivity contribution in [2.24, 2.45) is 28.9 Å². The summed E-state index contributed by atoms with van der Waals surface area (Å²) in [5.41, 5.74) is 7.58. The van der Waals surface area contributed by atoms with E-state index in [1.165, 1.54) is 19.3 Å². The van der Waals surface area contributed by atoms with E-state index in [9.17, 15) is 4.79 Å². The van der Waals surface area contributed by atoms with E-state index in [4.69, 9.17) is 5.73 Å². The molecule has 0 aromatic heterocycles. The summed E-state index contributed by atoms with van der Waals surface area (Å²) < 4.78 is 0. The highest BCUT2D eigenvalue weighted by Gasteiger charge is 2.54. The molecule has 4 saturated carbocycles. The van der Waals surface area contributed by atoms with Crippen molar-refractivity contribution in [3.05, 3.63) is 29.8 Å². The maximum absolute atomic E-state index is 12.9. The SMILES string of the molecule is NCc1cccc(NC(=O)C23CC4CC(CC(C4)C2)C3)c1. The summed E-state index contributed by atoms with van der Waals surface area (Å²) in [5, 5.41) is 3.18. The van der Waals surface area contributed by atoms with Gasteiger partial charge in [0.2, 0.25) is 5.91 Å². The van der Waals surface area contributed by atoms with Gasteiger partial charge in [0.05, 0.1) is 5.41 Å². The maximum atomic E-state index is 12.9. The molecule has 3 nitrogen and oxygen atoms in total. The lowest BCUT2D eigenvalue weighted by atomic mass is 9.49. The molecule has 0 saturated heterocycles. The molecule has 0 radical (unpaired) electrons. The van der Waals surface area contributed by atoms with Gasteiger partial charge in [-0.2, -0.15) is 0 Å². The second-order valence-corrected chi connectivity index (χ2v) is 7.56. The standard InChI is InChI=1S/C18H24N2O/c19-11-12-2-1-3-16(7-12)20-17(21)18-8-13-4-14(9-18)6-15(5-13)10-18/h1-3,7,13-15H,4-6,8-11,19H2,(H,20,21). The Morgan fingerprint density at radius 3 is 2.33 bits per heavy atom. The first-order chi connectivity index (χ1) is 10.2. The molecule has 4 bridgehead atoms. The fraction of sp³-hybridized carbons (Fsp3) is 0.611. The molecule has 0 aliphatic heterocycles. The average Bonchev–Trinajstić information content (AvgIpc) is 2.46. The van der Waals surface area contributed by atoms with Crippen LogP contribution in [-0.4, -0.2) is 5.91 Å². The molecule has 5 rings (SSSR count). The monoisotopic (exact) mass is 284 g/mol. The molecule has 4 fully saturated rings. The highest BCUT2D eigenvalue weighted by Crippen LogP contribution is 2.60. The van der Waals surface area contributed by atoms with Crippen LogP contribution in [0.25, 0.3) is 0 Å². The Kier molecular flexibility index (Phi) is 3.07. The van der Waals surface area contributed by atoms with Crippen LogP contribution in [0.1, 0.15) is 44.1 Å². The van der Waals surface area contributed by atoms with E-state index in [2.05, 4.69) is 5.32 Å². The van der Waals surface area contributed by atoms with Gasteiger partial charge < -0.3 is 11.1 Å². The van der Waals surface area contributed by atoms with Crippen LogP contribution in [-0.2, 0) is 11.3 Å². The Balaban J connectivity index is 1.54. The summed E-state index contributed by atoms with van der Waals surface area (Å²) in [4.78, 5) is 12.9. The molecule has 21 heavy (non-hydrogen) atoms. The van der Waals surface area contributed by atoms with Crippen molar-refractivity contribution in [1.29, 1.82) is 0 Å². The van der Waals surface area contributed by atoms with Crippen molar-refractivity contribution in [1.82, 2.24) is 0 Å². The van der Waals surface area contributed by atoms with Gasteiger partial charge in [0, 0.05) is 12.2 Å². The zero-order chi connectivity index (χ0) is 14.4. The van der Waals surface area contributed by atoms with Crippen LogP contribution in [0.2, 0.25) is 0 Å². The smallest absolute Gasteiger partial charge is 0.230 e. The molecule has 3 N–H and O–H groups in total. The van der Waals surface area contributed by atoms with Crippen LogP contribution in [0, 0.1) is 23.2 Å². The Morgan fingerprint density at radius 1 is 1.14 bits per heavy atom. The van der Waals surface area contributed by atoms with Crippen molar-refractivity contribution < 1.29 is 4.79 Å². The molecule has 112 valence electrons. The number of rotatable bonds is 3. The number of nitrogens with two attached hydrogens (primary N) is 1. The minimum Gasteiger partial charge on any atom is -0.326 e. The van der Waals surface area contributed by atoms with Crippen LogP contribution in [0.3, 0.4) is 0 Å². The summed E-state index contributed by atoms with van der Waals surface area (Å²) >= 11 is 0. The van der Waals surface area contributed by atoms with Gasteiger partial charge in [-0.25, -0.2) is 0 Å². The Morgan fingerprint density at radius 2 is 1.76 bits per heavy atom. The lowest BCUT2D eigenvalue weighted by Crippen LogP contribution is -2.51. The number of benzene rings is 1. The van der Waals surface area contributed by atoms with Crippen molar-refractivity contribution in [3.8, 4) is 0 Å². The second kappa shape index (κ2) is 4.84. The Bertz CT molecular complexity index is 531. The number of carbonyl (C=O) groups is 1. The van der Waals surface area contributed by atoms with Crippen molar-refractivity contribution in [3.63, 3.8) is 0 Å². The number of anilines is 1. The molecule has 0 heterocycles. The highest BCUT2D eigenvalue weighted by atomic mass is 16.2. The molecular weight excluding hydrogens is 260 g/mol. The van der Waals surface area contributed by atoms with Gasteiger partial charge in [-0.05, 0) is 74.0 Å². The molecule has 4 aliphatic rings. The molecule has 0 atom stereocenters. The summed E-state index contributed by atoms with van der Waals surface area (Å²) in [5.74, 6) is 2.67. The molecular formula is C18H24N2O. The van der Waals surface area contributed by atoms with Gasteiger partial charge in [-0.3, -0.25) is 4.79 Å². The first kappa shape index (κ1) is 13.3. The lowest BCUT2D eigenvalue weighted by molar-refractivity contribution is -0.140. The van der Waals surface area contributed by atoms with Gasteiger partial charge in [-0.15, -0.1) is 0 Å². The van der Waals surface area contributed by atoms with Crippen LogP contribution in [0.4, 0.5) is 5.69 Å². The number of hydrogen-bond acceptors (Lipinski definition) is 2. The zero-order valence-electron chi connectivity index (χ0n) is 12.5.